The van der Waals surface area contributed by atoms with Crippen molar-refractivity contribution < 1.29 is 4.79 Å². The van der Waals surface area contributed by atoms with Crippen LogP contribution in [0.5, 0.6) is 0 Å². The van der Waals surface area contributed by atoms with Crippen molar-refractivity contribution in [1.29, 1.82) is 0 Å². The lowest BCUT2D eigenvalue weighted by atomic mass is 10.1. The Morgan fingerprint density at radius 3 is 2.57 bits per heavy atom. The molecular formula is C8H10N4OS. The van der Waals surface area contributed by atoms with Gasteiger partial charge in [-0.05, 0) is 24.4 Å². The molecular weight excluding hydrogens is 200 g/mol. The number of amides is 1. The van der Waals surface area contributed by atoms with Crippen LogP contribution in [0, 0.1) is 0 Å². The molecule has 0 unspecified atom stereocenters. The van der Waals surface area contributed by atoms with E-state index in [-0.39, 0.29) is 5.11 Å². The van der Waals surface area contributed by atoms with Gasteiger partial charge in [0.15, 0.2) is 5.11 Å². The van der Waals surface area contributed by atoms with Crippen molar-refractivity contribution in [2.24, 2.45) is 11.6 Å². The molecule has 0 aliphatic carbocycles. The van der Waals surface area contributed by atoms with Crippen LogP contribution in [-0.4, -0.2) is 11.0 Å². The highest BCUT2D eigenvalue weighted by molar-refractivity contribution is 7.80. The summed E-state index contributed by atoms with van der Waals surface area (Å²) >= 11 is 4.66. The van der Waals surface area contributed by atoms with Crippen LogP contribution < -0.4 is 22.3 Å². The van der Waals surface area contributed by atoms with Gasteiger partial charge in [0.2, 0.25) is 0 Å². The summed E-state index contributed by atoms with van der Waals surface area (Å²) in [5.41, 5.74) is 8.25. The molecule has 6 heteroatoms. The molecule has 5 nitrogen and oxygen atoms in total. The third-order valence-electron chi connectivity index (χ3n) is 1.56. The number of anilines is 1. The molecule has 0 heterocycles. The minimum absolute atomic E-state index is 0.0993. The molecule has 0 fully saturated rings. The van der Waals surface area contributed by atoms with Gasteiger partial charge in [-0.1, -0.05) is 12.1 Å². The summed E-state index contributed by atoms with van der Waals surface area (Å²) in [5.74, 6) is 4.61. The predicted octanol–water partition coefficient (Wildman–Crippen LogP) is -0.0544. The Hall–Kier alpha value is -1.66. The fourth-order valence-corrected chi connectivity index (χ4v) is 1.11. The number of rotatable bonds is 2. The number of nitrogens with two attached hydrogens (primary N) is 2. The third-order valence-corrected chi connectivity index (χ3v) is 1.66. The molecule has 0 saturated heterocycles. The van der Waals surface area contributed by atoms with E-state index < -0.39 is 5.91 Å². The normalized spacial score (nSPS) is 9.21. The number of hydrogen-bond donors (Lipinski definition) is 4. The van der Waals surface area contributed by atoms with Crippen molar-refractivity contribution >= 4 is 28.9 Å². The van der Waals surface area contributed by atoms with Crippen molar-refractivity contribution in [2.45, 2.75) is 0 Å². The number of nitrogen functional groups attached to an aromatic ring is 1. The fourth-order valence-electron chi connectivity index (χ4n) is 1.00. The zero-order valence-corrected chi connectivity index (χ0v) is 8.10. The van der Waals surface area contributed by atoms with Gasteiger partial charge in [-0.2, -0.15) is 0 Å². The highest BCUT2D eigenvalue weighted by atomic mass is 32.1. The van der Waals surface area contributed by atoms with Gasteiger partial charge in [0.1, 0.15) is 0 Å². The van der Waals surface area contributed by atoms with Gasteiger partial charge >= 0.3 is 0 Å². The number of hydrogen-bond acceptors (Lipinski definition) is 3. The van der Waals surface area contributed by atoms with Crippen LogP contribution >= 0.6 is 12.2 Å². The highest BCUT2D eigenvalue weighted by Gasteiger charge is 2.08. The first-order valence-electron chi connectivity index (χ1n) is 3.81. The summed E-state index contributed by atoms with van der Waals surface area (Å²) in [7, 11) is 0. The van der Waals surface area contributed by atoms with E-state index in [1.165, 1.54) is 0 Å². The molecule has 1 amide bonds. The summed E-state index contributed by atoms with van der Waals surface area (Å²) in [6.45, 7) is 0. The van der Waals surface area contributed by atoms with Crippen molar-refractivity contribution in [3.63, 3.8) is 0 Å². The molecule has 1 aromatic carbocycles. The van der Waals surface area contributed by atoms with Crippen molar-refractivity contribution in [3.8, 4) is 0 Å². The Labute approximate surface area is 86.4 Å². The van der Waals surface area contributed by atoms with Gasteiger partial charge in [-0.25, -0.2) is 5.84 Å². The molecule has 1 rings (SSSR count). The smallest absolute Gasteiger partial charge is 0.267 e. The molecule has 0 atom stereocenters. The maximum Gasteiger partial charge on any atom is 0.267 e. The Morgan fingerprint density at radius 2 is 2.00 bits per heavy atom. The second-order valence-corrected chi connectivity index (χ2v) is 2.95. The van der Waals surface area contributed by atoms with E-state index in [4.69, 9.17) is 11.6 Å². The quantitative estimate of drug-likeness (QED) is 0.237. The van der Waals surface area contributed by atoms with E-state index in [2.05, 4.69) is 17.5 Å². The summed E-state index contributed by atoms with van der Waals surface area (Å²) in [6.07, 6.45) is 0. The fraction of sp³-hybridized carbons (Fsp3) is 0. The van der Waals surface area contributed by atoms with E-state index in [1.807, 2.05) is 5.43 Å². The van der Waals surface area contributed by atoms with E-state index in [9.17, 15) is 4.79 Å². The maximum atomic E-state index is 11.3. The minimum Gasteiger partial charge on any atom is -0.376 e. The third kappa shape index (κ3) is 2.41. The minimum atomic E-state index is -0.399. The second-order valence-electron chi connectivity index (χ2n) is 2.51. The summed E-state index contributed by atoms with van der Waals surface area (Å²) in [5, 5.41) is 2.78. The van der Waals surface area contributed by atoms with Crippen molar-refractivity contribution in [3.05, 3.63) is 29.8 Å². The van der Waals surface area contributed by atoms with Crippen LogP contribution in [0.1, 0.15) is 10.4 Å². The van der Waals surface area contributed by atoms with E-state index >= 15 is 0 Å². The van der Waals surface area contributed by atoms with Crippen molar-refractivity contribution in [1.82, 2.24) is 5.43 Å². The zero-order chi connectivity index (χ0) is 10.6. The molecule has 74 valence electrons. The maximum absolute atomic E-state index is 11.3. The SMILES string of the molecule is NNC(=O)c1ccccc1NC(N)=S. The van der Waals surface area contributed by atoms with Gasteiger partial charge in [-0.15, -0.1) is 0 Å². The van der Waals surface area contributed by atoms with Crippen LogP contribution in [0.4, 0.5) is 5.69 Å². The number of thiocarbonyl (C=S) groups is 1. The molecule has 6 N–H and O–H groups in total. The average Bonchev–Trinajstić information content (AvgIpc) is 2.16. The Balaban J connectivity index is 3.02. The molecule has 0 aliphatic heterocycles. The van der Waals surface area contributed by atoms with Gasteiger partial charge < -0.3 is 11.1 Å². The first-order chi connectivity index (χ1) is 6.65. The standard InChI is InChI=1S/C8H10N4OS/c9-8(14)11-6-4-2-1-3-5(6)7(13)12-10/h1-4H,10H2,(H,12,13)(H3,9,11,14). The van der Waals surface area contributed by atoms with Crippen LogP contribution in [0.2, 0.25) is 0 Å². The van der Waals surface area contributed by atoms with Gasteiger partial charge in [0.25, 0.3) is 5.91 Å². The second kappa shape index (κ2) is 4.54. The Kier molecular flexibility index (Phi) is 3.38. The Morgan fingerprint density at radius 1 is 1.36 bits per heavy atom. The van der Waals surface area contributed by atoms with Crippen LogP contribution in [-0.2, 0) is 0 Å². The van der Waals surface area contributed by atoms with Crippen LogP contribution in [0.3, 0.4) is 0 Å². The average molecular weight is 210 g/mol. The van der Waals surface area contributed by atoms with Gasteiger partial charge in [0.05, 0.1) is 11.3 Å². The lowest BCUT2D eigenvalue weighted by molar-refractivity contribution is 0.0954. The van der Waals surface area contributed by atoms with Crippen molar-refractivity contribution in [2.75, 3.05) is 5.32 Å². The summed E-state index contributed by atoms with van der Waals surface area (Å²) in [4.78, 5) is 11.3. The molecule has 14 heavy (non-hydrogen) atoms. The summed E-state index contributed by atoms with van der Waals surface area (Å²) < 4.78 is 0. The van der Waals surface area contributed by atoms with E-state index in [0.717, 1.165) is 0 Å². The molecule has 0 spiro atoms. The monoisotopic (exact) mass is 210 g/mol. The number of para-hydroxylation sites is 1. The lowest BCUT2D eigenvalue weighted by Gasteiger charge is -2.08. The lowest BCUT2D eigenvalue weighted by Crippen LogP contribution is -2.31. The number of benzene rings is 1. The van der Waals surface area contributed by atoms with Gasteiger partial charge in [-0.3, -0.25) is 10.2 Å². The van der Waals surface area contributed by atoms with Gasteiger partial charge in [0, 0.05) is 0 Å². The first-order valence-corrected chi connectivity index (χ1v) is 4.22. The van der Waals surface area contributed by atoms with E-state index in [0.29, 0.717) is 11.3 Å². The number of carbonyl (C=O) groups excluding carboxylic acids is 1. The number of carbonyl (C=O) groups is 1. The molecule has 1 aromatic rings. The predicted molar refractivity (Wildman–Crippen MR) is 58.5 cm³/mol. The molecule has 0 saturated carbocycles. The molecule has 0 bridgehead atoms. The Bertz CT molecular complexity index is 366. The molecule has 0 aliphatic rings. The molecule has 0 radical (unpaired) electrons. The highest BCUT2D eigenvalue weighted by Crippen LogP contribution is 2.13. The largest absolute Gasteiger partial charge is 0.376 e. The van der Waals surface area contributed by atoms with E-state index in [1.54, 1.807) is 24.3 Å². The number of hydrazine groups is 1. The topological polar surface area (TPSA) is 93.2 Å². The first kappa shape index (κ1) is 10.4. The number of nitrogens with one attached hydrogen (secondary N) is 2. The van der Waals surface area contributed by atoms with Crippen LogP contribution in [0.15, 0.2) is 24.3 Å². The molecule has 0 aromatic heterocycles. The summed E-state index contributed by atoms with van der Waals surface area (Å²) in [6, 6.07) is 6.77. The zero-order valence-electron chi connectivity index (χ0n) is 7.28. The van der Waals surface area contributed by atoms with Crippen LogP contribution in [0.25, 0.3) is 0 Å².